The van der Waals surface area contributed by atoms with Gasteiger partial charge in [-0.3, -0.25) is 0 Å². The van der Waals surface area contributed by atoms with Crippen molar-refractivity contribution in [2.75, 3.05) is 0 Å². The topological polar surface area (TPSA) is 24.9 Å². The highest BCUT2D eigenvalue weighted by molar-refractivity contribution is 9.11. The standard InChI is InChI=1S/C11H10BrClN2S.ClH/c12-10-4-8(7-16-10)5-14-6-9-2-1-3-15-11(9)13;/h1-4,7,14H,5-6H2;1H. The Morgan fingerprint density at radius 2 is 2.24 bits per heavy atom. The van der Waals surface area contributed by atoms with Crippen LogP contribution in [0.15, 0.2) is 33.6 Å². The fraction of sp³-hybridized carbons (Fsp3) is 0.182. The van der Waals surface area contributed by atoms with E-state index >= 15 is 0 Å². The molecule has 0 saturated carbocycles. The van der Waals surface area contributed by atoms with Crippen LogP contribution in [-0.2, 0) is 13.1 Å². The summed E-state index contributed by atoms with van der Waals surface area (Å²) in [6.07, 6.45) is 1.70. The lowest BCUT2D eigenvalue weighted by Gasteiger charge is -2.04. The number of rotatable bonds is 4. The molecule has 0 aliphatic heterocycles. The Kier molecular flexibility index (Phi) is 6.44. The van der Waals surface area contributed by atoms with E-state index in [0.29, 0.717) is 5.15 Å². The van der Waals surface area contributed by atoms with Gasteiger partial charge < -0.3 is 5.32 Å². The second-order valence-electron chi connectivity index (χ2n) is 3.32. The molecule has 0 bridgehead atoms. The molecule has 0 saturated heterocycles. The van der Waals surface area contributed by atoms with Gasteiger partial charge in [0, 0.05) is 24.8 Å². The quantitative estimate of drug-likeness (QED) is 0.830. The van der Waals surface area contributed by atoms with Crippen molar-refractivity contribution in [2.24, 2.45) is 0 Å². The number of aromatic nitrogens is 1. The van der Waals surface area contributed by atoms with Gasteiger partial charge in [-0.15, -0.1) is 23.7 Å². The average molecular weight is 354 g/mol. The Balaban J connectivity index is 0.00000144. The second kappa shape index (κ2) is 7.34. The maximum Gasteiger partial charge on any atom is 0.133 e. The van der Waals surface area contributed by atoms with Crippen molar-refractivity contribution in [2.45, 2.75) is 13.1 Å². The first-order chi connectivity index (χ1) is 7.75. The largest absolute Gasteiger partial charge is 0.308 e. The number of hydrogen-bond acceptors (Lipinski definition) is 3. The lowest BCUT2D eigenvalue weighted by molar-refractivity contribution is 0.693. The molecule has 2 aromatic heterocycles. The molecule has 0 radical (unpaired) electrons. The van der Waals surface area contributed by atoms with E-state index in [1.165, 1.54) is 5.56 Å². The molecule has 0 atom stereocenters. The number of pyridine rings is 1. The van der Waals surface area contributed by atoms with Crippen LogP contribution in [0.3, 0.4) is 0 Å². The molecule has 92 valence electrons. The van der Waals surface area contributed by atoms with Crippen molar-refractivity contribution >= 4 is 51.3 Å². The van der Waals surface area contributed by atoms with E-state index in [1.54, 1.807) is 17.5 Å². The van der Waals surface area contributed by atoms with E-state index in [2.05, 4.69) is 37.7 Å². The van der Waals surface area contributed by atoms with Crippen molar-refractivity contribution in [3.8, 4) is 0 Å². The molecular formula is C11H11BrCl2N2S. The van der Waals surface area contributed by atoms with Gasteiger partial charge in [-0.05, 0) is 39.0 Å². The van der Waals surface area contributed by atoms with Crippen molar-refractivity contribution in [3.05, 3.63) is 49.8 Å². The van der Waals surface area contributed by atoms with Gasteiger partial charge >= 0.3 is 0 Å². The maximum atomic E-state index is 5.95. The van der Waals surface area contributed by atoms with Crippen LogP contribution in [0.25, 0.3) is 0 Å². The third-order valence-electron chi connectivity index (χ3n) is 2.10. The first kappa shape index (κ1) is 14.9. The maximum absolute atomic E-state index is 5.95. The fourth-order valence-corrected chi connectivity index (χ4v) is 2.73. The minimum Gasteiger partial charge on any atom is -0.308 e. The lowest BCUT2D eigenvalue weighted by Crippen LogP contribution is -2.12. The van der Waals surface area contributed by atoms with Gasteiger partial charge in [-0.25, -0.2) is 4.98 Å². The van der Waals surface area contributed by atoms with Crippen molar-refractivity contribution < 1.29 is 0 Å². The highest BCUT2D eigenvalue weighted by Gasteiger charge is 2.00. The summed E-state index contributed by atoms with van der Waals surface area (Å²) in [5.41, 5.74) is 2.30. The first-order valence-electron chi connectivity index (χ1n) is 4.79. The van der Waals surface area contributed by atoms with E-state index < -0.39 is 0 Å². The third-order valence-corrected chi connectivity index (χ3v) is 4.00. The Morgan fingerprint density at radius 1 is 1.41 bits per heavy atom. The molecule has 0 aliphatic rings. The molecule has 0 unspecified atom stereocenters. The van der Waals surface area contributed by atoms with Gasteiger partial charge in [0.15, 0.2) is 0 Å². The molecule has 0 amide bonds. The van der Waals surface area contributed by atoms with Crippen molar-refractivity contribution in [3.63, 3.8) is 0 Å². The molecule has 0 spiro atoms. The van der Waals surface area contributed by atoms with E-state index in [9.17, 15) is 0 Å². The molecule has 0 aliphatic carbocycles. The average Bonchev–Trinajstić information content (AvgIpc) is 2.67. The SMILES string of the molecule is Cl.Clc1ncccc1CNCc1csc(Br)c1. The number of halogens is 3. The zero-order valence-corrected chi connectivity index (χ0v) is 12.8. The number of hydrogen-bond donors (Lipinski definition) is 1. The van der Waals surface area contributed by atoms with E-state index in [1.807, 2.05) is 12.1 Å². The summed E-state index contributed by atoms with van der Waals surface area (Å²) in [6.45, 7) is 1.58. The molecule has 2 nitrogen and oxygen atoms in total. The van der Waals surface area contributed by atoms with Crippen LogP contribution in [0.4, 0.5) is 0 Å². The molecule has 2 rings (SSSR count). The summed E-state index contributed by atoms with van der Waals surface area (Å²) < 4.78 is 1.16. The van der Waals surface area contributed by atoms with E-state index in [-0.39, 0.29) is 12.4 Å². The second-order valence-corrected chi connectivity index (χ2v) is 5.96. The predicted octanol–water partition coefficient (Wildman–Crippen LogP) is 4.27. The van der Waals surface area contributed by atoms with Gasteiger partial charge in [0.25, 0.3) is 0 Å². The molecule has 6 heteroatoms. The summed E-state index contributed by atoms with van der Waals surface area (Å²) in [6, 6.07) is 5.98. The van der Waals surface area contributed by atoms with Crippen LogP contribution < -0.4 is 5.32 Å². The first-order valence-corrected chi connectivity index (χ1v) is 6.84. The van der Waals surface area contributed by atoms with Crippen molar-refractivity contribution in [1.29, 1.82) is 0 Å². The summed E-state index contributed by atoms with van der Waals surface area (Å²) in [7, 11) is 0. The highest BCUT2D eigenvalue weighted by atomic mass is 79.9. The predicted molar refractivity (Wildman–Crippen MR) is 79.1 cm³/mol. The number of nitrogens with zero attached hydrogens (tertiary/aromatic N) is 1. The van der Waals surface area contributed by atoms with Gasteiger partial charge in [-0.1, -0.05) is 17.7 Å². The Hall–Kier alpha value is -0.130. The molecule has 0 aromatic carbocycles. The number of nitrogens with one attached hydrogen (secondary N) is 1. The Bertz CT molecular complexity index is 476. The Morgan fingerprint density at radius 3 is 2.88 bits per heavy atom. The minimum atomic E-state index is 0. The monoisotopic (exact) mass is 352 g/mol. The van der Waals surface area contributed by atoms with Crippen LogP contribution in [0, 0.1) is 0 Å². The van der Waals surface area contributed by atoms with Crippen LogP contribution >= 0.6 is 51.3 Å². The van der Waals surface area contributed by atoms with Crippen LogP contribution in [0.5, 0.6) is 0 Å². The third kappa shape index (κ3) is 4.56. The number of thiophene rings is 1. The van der Waals surface area contributed by atoms with Gasteiger partial charge in [0.05, 0.1) is 3.79 Å². The normalized spacial score (nSPS) is 10.0. The molecule has 2 aromatic rings. The molecule has 0 fully saturated rings. The van der Waals surface area contributed by atoms with Gasteiger partial charge in [-0.2, -0.15) is 0 Å². The zero-order chi connectivity index (χ0) is 11.4. The van der Waals surface area contributed by atoms with Crippen LogP contribution in [0.1, 0.15) is 11.1 Å². The highest BCUT2D eigenvalue weighted by Crippen LogP contribution is 2.20. The van der Waals surface area contributed by atoms with E-state index in [4.69, 9.17) is 11.6 Å². The molecule has 2 heterocycles. The fourth-order valence-electron chi connectivity index (χ4n) is 1.33. The Labute approximate surface area is 124 Å². The summed E-state index contributed by atoms with van der Waals surface area (Å²) >= 11 is 11.1. The van der Waals surface area contributed by atoms with Gasteiger partial charge in [0.1, 0.15) is 5.15 Å². The van der Waals surface area contributed by atoms with Crippen molar-refractivity contribution in [1.82, 2.24) is 10.3 Å². The van der Waals surface area contributed by atoms with Crippen LogP contribution in [-0.4, -0.2) is 4.98 Å². The minimum absolute atomic E-state index is 0. The summed E-state index contributed by atoms with van der Waals surface area (Å²) in [5, 5.41) is 6.03. The zero-order valence-electron chi connectivity index (χ0n) is 8.82. The molecular weight excluding hydrogens is 343 g/mol. The molecule has 1 N–H and O–H groups in total. The smallest absolute Gasteiger partial charge is 0.133 e. The molecule has 17 heavy (non-hydrogen) atoms. The lowest BCUT2D eigenvalue weighted by atomic mass is 10.2. The summed E-state index contributed by atoms with van der Waals surface area (Å²) in [4.78, 5) is 4.03. The van der Waals surface area contributed by atoms with E-state index in [0.717, 1.165) is 22.4 Å². The summed E-state index contributed by atoms with van der Waals surface area (Å²) in [5.74, 6) is 0. The van der Waals surface area contributed by atoms with Gasteiger partial charge in [0.2, 0.25) is 0 Å². The van der Waals surface area contributed by atoms with Crippen LogP contribution in [0.2, 0.25) is 5.15 Å².